The Hall–Kier alpha value is -1.68. The lowest BCUT2D eigenvalue weighted by Crippen LogP contribution is -2.15. The second-order valence-corrected chi connectivity index (χ2v) is 4.86. The van der Waals surface area contributed by atoms with E-state index in [-0.39, 0.29) is 0 Å². The molecule has 0 saturated heterocycles. The van der Waals surface area contributed by atoms with Gasteiger partial charge in [0.05, 0.1) is 5.00 Å². The summed E-state index contributed by atoms with van der Waals surface area (Å²) in [5.41, 5.74) is 1.17. The third-order valence-electron chi connectivity index (χ3n) is 2.68. The van der Waals surface area contributed by atoms with Gasteiger partial charge in [-0.25, -0.2) is 0 Å². The normalized spacial score (nSPS) is 13.5. The zero-order valence-corrected chi connectivity index (χ0v) is 10.3. The maximum Gasteiger partial charge on any atom is 0.162 e. The van der Waals surface area contributed by atoms with Crippen molar-refractivity contribution in [3.05, 3.63) is 30.3 Å². The summed E-state index contributed by atoms with van der Waals surface area (Å²) in [7, 11) is 1.93. The van der Waals surface area contributed by atoms with E-state index in [4.69, 9.17) is 9.47 Å². The number of ether oxygens (including phenoxy) is 2. The molecule has 1 aliphatic heterocycles. The first-order valence-electron chi connectivity index (χ1n) is 5.54. The van der Waals surface area contributed by atoms with Crippen molar-refractivity contribution >= 4 is 16.3 Å². The first kappa shape index (κ1) is 10.5. The smallest absolute Gasteiger partial charge is 0.162 e. The minimum atomic E-state index is 0.628. The van der Waals surface area contributed by atoms with Crippen molar-refractivity contribution in [3.63, 3.8) is 0 Å². The van der Waals surface area contributed by atoms with E-state index >= 15 is 0 Å². The Morgan fingerprint density at radius 3 is 2.65 bits per heavy atom. The highest BCUT2D eigenvalue weighted by Gasteiger charge is 2.12. The minimum absolute atomic E-state index is 0.628. The summed E-state index contributed by atoms with van der Waals surface area (Å²) >= 11 is 1.73. The molecule has 0 spiro atoms. The molecule has 88 valence electrons. The van der Waals surface area contributed by atoms with Gasteiger partial charge in [-0.3, -0.25) is 0 Å². The summed E-state index contributed by atoms with van der Waals surface area (Å²) < 4.78 is 11.1. The summed E-state index contributed by atoms with van der Waals surface area (Å²) in [6.45, 7) is 1.26. The molecule has 1 N–H and O–H groups in total. The lowest BCUT2D eigenvalue weighted by molar-refractivity contribution is 0.171. The monoisotopic (exact) mass is 247 g/mol. The number of hydrogen-bond donors (Lipinski definition) is 1. The van der Waals surface area contributed by atoms with Gasteiger partial charge in [0.2, 0.25) is 0 Å². The SMILES string of the molecule is CNc1ccc(-c2ccc3c(c2)OCCO3)s1. The standard InChI is InChI=1S/C13H13NO2S/c1-14-13-5-4-12(17-13)9-2-3-10-11(8-9)16-7-6-15-10/h2-5,8,14H,6-7H2,1H3. The summed E-state index contributed by atoms with van der Waals surface area (Å²) in [4.78, 5) is 1.23. The van der Waals surface area contributed by atoms with Crippen LogP contribution in [0.1, 0.15) is 0 Å². The molecule has 2 aromatic rings. The molecular formula is C13H13NO2S. The van der Waals surface area contributed by atoms with Crippen LogP contribution in [0.15, 0.2) is 30.3 Å². The van der Waals surface area contributed by atoms with E-state index in [1.165, 1.54) is 10.4 Å². The van der Waals surface area contributed by atoms with E-state index in [0.29, 0.717) is 13.2 Å². The summed E-state index contributed by atoms with van der Waals surface area (Å²) in [6, 6.07) is 10.3. The molecular weight excluding hydrogens is 234 g/mol. The van der Waals surface area contributed by atoms with Crippen LogP contribution in [0.4, 0.5) is 5.00 Å². The zero-order valence-electron chi connectivity index (χ0n) is 9.53. The van der Waals surface area contributed by atoms with Gasteiger partial charge in [-0.05, 0) is 35.9 Å². The molecule has 0 fully saturated rings. The number of nitrogens with one attached hydrogen (secondary N) is 1. The Labute approximate surface area is 104 Å². The Bertz CT molecular complexity index is 536. The van der Waals surface area contributed by atoms with Gasteiger partial charge in [0, 0.05) is 11.9 Å². The van der Waals surface area contributed by atoms with Crippen molar-refractivity contribution in [2.24, 2.45) is 0 Å². The number of anilines is 1. The van der Waals surface area contributed by atoms with Crippen molar-refractivity contribution in [1.29, 1.82) is 0 Å². The fraction of sp³-hybridized carbons (Fsp3) is 0.231. The lowest BCUT2D eigenvalue weighted by Gasteiger charge is -2.18. The van der Waals surface area contributed by atoms with E-state index in [9.17, 15) is 0 Å². The molecule has 3 rings (SSSR count). The highest BCUT2D eigenvalue weighted by molar-refractivity contribution is 7.19. The third-order valence-corrected chi connectivity index (χ3v) is 3.83. The van der Waals surface area contributed by atoms with Gasteiger partial charge in [-0.1, -0.05) is 0 Å². The number of thiophene rings is 1. The molecule has 0 amide bonds. The van der Waals surface area contributed by atoms with Crippen LogP contribution in [0.25, 0.3) is 10.4 Å². The molecule has 0 saturated carbocycles. The van der Waals surface area contributed by atoms with Gasteiger partial charge >= 0.3 is 0 Å². The first-order valence-corrected chi connectivity index (χ1v) is 6.36. The Morgan fingerprint density at radius 2 is 1.88 bits per heavy atom. The Morgan fingerprint density at radius 1 is 1.06 bits per heavy atom. The molecule has 1 aromatic carbocycles. The molecule has 1 aliphatic rings. The molecule has 4 heteroatoms. The van der Waals surface area contributed by atoms with Crippen LogP contribution in [0.5, 0.6) is 11.5 Å². The van der Waals surface area contributed by atoms with E-state index < -0.39 is 0 Å². The van der Waals surface area contributed by atoms with Gasteiger partial charge in [0.15, 0.2) is 11.5 Å². The van der Waals surface area contributed by atoms with Crippen LogP contribution in [-0.2, 0) is 0 Å². The fourth-order valence-corrected chi connectivity index (χ4v) is 2.68. The highest BCUT2D eigenvalue weighted by atomic mass is 32.1. The van der Waals surface area contributed by atoms with Crippen LogP contribution < -0.4 is 14.8 Å². The topological polar surface area (TPSA) is 30.5 Å². The molecule has 17 heavy (non-hydrogen) atoms. The number of hydrogen-bond acceptors (Lipinski definition) is 4. The molecule has 0 aliphatic carbocycles. The van der Waals surface area contributed by atoms with Gasteiger partial charge in [0.1, 0.15) is 13.2 Å². The van der Waals surface area contributed by atoms with Gasteiger partial charge in [-0.15, -0.1) is 11.3 Å². The largest absolute Gasteiger partial charge is 0.486 e. The predicted octanol–water partition coefficient (Wildman–Crippen LogP) is 3.23. The Balaban J connectivity index is 1.97. The summed E-state index contributed by atoms with van der Waals surface area (Å²) in [5.74, 6) is 1.68. The van der Waals surface area contributed by atoms with E-state index in [1.54, 1.807) is 11.3 Å². The number of fused-ring (bicyclic) bond motifs is 1. The van der Waals surface area contributed by atoms with Gasteiger partial charge in [-0.2, -0.15) is 0 Å². The average Bonchev–Trinajstić information content (AvgIpc) is 2.87. The lowest BCUT2D eigenvalue weighted by atomic mass is 10.1. The van der Waals surface area contributed by atoms with Crippen LogP contribution >= 0.6 is 11.3 Å². The average molecular weight is 247 g/mol. The zero-order chi connectivity index (χ0) is 11.7. The Kier molecular flexibility index (Phi) is 2.65. The summed E-state index contributed by atoms with van der Waals surface area (Å²) in [6.07, 6.45) is 0. The second kappa shape index (κ2) is 4.30. The molecule has 0 radical (unpaired) electrons. The van der Waals surface area contributed by atoms with Crippen LogP contribution in [0.3, 0.4) is 0 Å². The van der Waals surface area contributed by atoms with Crippen molar-refractivity contribution < 1.29 is 9.47 Å². The maximum absolute atomic E-state index is 5.58. The van der Waals surface area contributed by atoms with Crippen LogP contribution in [0, 0.1) is 0 Å². The van der Waals surface area contributed by atoms with Gasteiger partial charge < -0.3 is 14.8 Å². The first-order chi connectivity index (χ1) is 8.36. The maximum atomic E-state index is 5.58. The quantitative estimate of drug-likeness (QED) is 0.883. The van der Waals surface area contributed by atoms with Crippen molar-refractivity contribution in [3.8, 4) is 21.9 Å². The summed E-state index contributed by atoms with van der Waals surface area (Å²) in [5, 5.41) is 4.30. The molecule has 0 unspecified atom stereocenters. The van der Waals surface area contributed by atoms with E-state index in [0.717, 1.165) is 16.5 Å². The van der Waals surface area contributed by atoms with Crippen LogP contribution in [0.2, 0.25) is 0 Å². The molecule has 0 bridgehead atoms. The fourth-order valence-electron chi connectivity index (χ4n) is 1.82. The van der Waals surface area contributed by atoms with Crippen molar-refractivity contribution in [1.82, 2.24) is 0 Å². The molecule has 3 nitrogen and oxygen atoms in total. The number of rotatable bonds is 2. The predicted molar refractivity (Wildman–Crippen MR) is 70.3 cm³/mol. The molecule has 2 heterocycles. The van der Waals surface area contributed by atoms with Crippen molar-refractivity contribution in [2.75, 3.05) is 25.6 Å². The van der Waals surface area contributed by atoms with E-state index in [2.05, 4.69) is 23.5 Å². The highest BCUT2D eigenvalue weighted by Crippen LogP contribution is 2.37. The molecule has 1 aromatic heterocycles. The van der Waals surface area contributed by atoms with Crippen molar-refractivity contribution in [2.45, 2.75) is 0 Å². The van der Waals surface area contributed by atoms with Crippen LogP contribution in [-0.4, -0.2) is 20.3 Å². The molecule has 0 atom stereocenters. The van der Waals surface area contributed by atoms with Gasteiger partial charge in [0.25, 0.3) is 0 Å². The third kappa shape index (κ3) is 1.96. The minimum Gasteiger partial charge on any atom is -0.486 e. The second-order valence-electron chi connectivity index (χ2n) is 3.77. The van der Waals surface area contributed by atoms with E-state index in [1.807, 2.05) is 19.2 Å². The number of benzene rings is 1.